The van der Waals surface area contributed by atoms with Crippen LogP contribution in [0.25, 0.3) is 0 Å². The lowest BCUT2D eigenvalue weighted by Crippen LogP contribution is -2.44. The molecule has 0 aliphatic heterocycles. The Morgan fingerprint density at radius 1 is 1.29 bits per heavy atom. The molecule has 1 atom stereocenters. The first kappa shape index (κ1) is 17.6. The maximum absolute atomic E-state index is 9.33. The van der Waals surface area contributed by atoms with Gasteiger partial charge in [0.1, 0.15) is 11.4 Å². The molecule has 21 heavy (non-hydrogen) atoms. The molecule has 0 saturated carbocycles. The zero-order valence-electron chi connectivity index (χ0n) is 14.1. The summed E-state index contributed by atoms with van der Waals surface area (Å²) in [5.74, 6) is 1.99. The molecule has 0 bridgehead atoms. The number of unbranched alkanes of at least 4 members (excludes halogenated alkanes) is 1. The van der Waals surface area contributed by atoms with Crippen LogP contribution >= 0.6 is 0 Å². The van der Waals surface area contributed by atoms with Crippen molar-refractivity contribution in [3.63, 3.8) is 0 Å². The second-order valence-electron chi connectivity index (χ2n) is 6.07. The van der Waals surface area contributed by atoms with E-state index in [4.69, 9.17) is 0 Å². The minimum Gasteiger partial charge on any atom is -0.297 e. The molecule has 0 radical (unpaired) electrons. The number of hydrogen-bond donors (Lipinski definition) is 1. The van der Waals surface area contributed by atoms with Crippen molar-refractivity contribution < 1.29 is 0 Å². The molecule has 1 aromatic rings. The lowest BCUT2D eigenvalue weighted by Gasteiger charge is -2.25. The third kappa shape index (κ3) is 5.47. The Morgan fingerprint density at radius 3 is 2.52 bits per heavy atom. The predicted molar refractivity (Wildman–Crippen MR) is 84.9 cm³/mol. The molecular weight excluding hydrogens is 262 g/mol. The van der Waals surface area contributed by atoms with Gasteiger partial charge in [0.2, 0.25) is 0 Å². The van der Waals surface area contributed by atoms with Crippen molar-refractivity contribution in [1.82, 2.24) is 20.1 Å². The van der Waals surface area contributed by atoms with Crippen LogP contribution in [0.5, 0.6) is 0 Å². The van der Waals surface area contributed by atoms with E-state index in [0.717, 1.165) is 50.3 Å². The Morgan fingerprint density at radius 2 is 2.00 bits per heavy atom. The van der Waals surface area contributed by atoms with Gasteiger partial charge in [0.15, 0.2) is 5.82 Å². The van der Waals surface area contributed by atoms with E-state index in [9.17, 15) is 5.26 Å². The SMILES string of the molecule is CCc1nc(CC)n(CCCCC(C)(C#N)NC(C)C)n1. The molecule has 0 saturated heterocycles. The Hall–Kier alpha value is -1.41. The number of aryl methyl sites for hydroxylation is 3. The van der Waals surface area contributed by atoms with Crippen LogP contribution in [0.15, 0.2) is 0 Å². The fourth-order valence-corrected chi connectivity index (χ4v) is 2.55. The number of rotatable bonds is 9. The van der Waals surface area contributed by atoms with E-state index in [1.165, 1.54) is 0 Å². The van der Waals surface area contributed by atoms with Crippen LogP contribution in [0.2, 0.25) is 0 Å². The quantitative estimate of drug-likeness (QED) is 0.710. The van der Waals surface area contributed by atoms with Crippen LogP contribution in [0.4, 0.5) is 0 Å². The third-order valence-electron chi connectivity index (χ3n) is 3.58. The van der Waals surface area contributed by atoms with Crippen molar-refractivity contribution in [1.29, 1.82) is 5.26 Å². The first-order valence-corrected chi connectivity index (χ1v) is 8.05. The van der Waals surface area contributed by atoms with Gasteiger partial charge < -0.3 is 0 Å². The highest BCUT2D eigenvalue weighted by atomic mass is 15.3. The van der Waals surface area contributed by atoms with Crippen molar-refractivity contribution in [2.75, 3.05) is 0 Å². The second kappa shape index (κ2) is 8.14. The molecule has 1 aromatic heterocycles. The summed E-state index contributed by atoms with van der Waals surface area (Å²) in [6.45, 7) is 11.2. The molecule has 1 rings (SSSR count). The Labute approximate surface area is 128 Å². The van der Waals surface area contributed by atoms with Crippen molar-refractivity contribution in [3.8, 4) is 6.07 Å². The summed E-state index contributed by atoms with van der Waals surface area (Å²) in [5, 5.41) is 17.2. The molecule has 0 aromatic carbocycles. The summed E-state index contributed by atoms with van der Waals surface area (Å²) < 4.78 is 2.03. The van der Waals surface area contributed by atoms with Crippen molar-refractivity contribution >= 4 is 0 Å². The van der Waals surface area contributed by atoms with E-state index < -0.39 is 5.54 Å². The van der Waals surface area contributed by atoms with Gasteiger partial charge in [-0.25, -0.2) is 9.67 Å². The summed E-state index contributed by atoms with van der Waals surface area (Å²) >= 11 is 0. The van der Waals surface area contributed by atoms with Crippen LogP contribution in [-0.2, 0) is 19.4 Å². The monoisotopic (exact) mass is 291 g/mol. The van der Waals surface area contributed by atoms with E-state index in [2.05, 4.69) is 49.2 Å². The van der Waals surface area contributed by atoms with Gasteiger partial charge in [-0.05, 0) is 40.0 Å². The van der Waals surface area contributed by atoms with Crippen molar-refractivity contribution in [2.45, 2.75) is 84.8 Å². The Kier molecular flexibility index (Phi) is 6.83. The molecule has 0 amide bonds. The van der Waals surface area contributed by atoms with E-state index in [1.807, 2.05) is 11.6 Å². The smallest absolute Gasteiger partial charge is 0.150 e. The van der Waals surface area contributed by atoms with Crippen LogP contribution in [-0.4, -0.2) is 26.3 Å². The fraction of sp³-hybridized carbons (Fsp3) is 0.812. The van der Waals surface area contributed by atoms with Crippen LogP contribution in [0, 0.1) is 11.3 Å². The standard InChI is InChI=1S/C16H29N5/c1-6-14-18-15(7-2)21(20-14)11-9-8-10-16(5,12-17)19-13(3)4/h13,19H,6-11H2,1-5H3. The molecular formula is C16H29N5. The number of nitriles is 1. The van der Waals surface area contributed by atoms with Gasteiger partial charge in [-0.15, -0.1) is 0 Å². The molecule has 0 fully saturated rings. The Balaban J connectivity index is 2.47. The summed E-state index contributed by atoms with van der Waals surface area (Å²) in [6, 6.07) is 2.72. The normalized spacial score (nSPS) is 14.1. The number of nitrogens with one attached hydrogen (secondary N) is 1. The van der Waals surface area contributed by atoms with E-state index >= 15 is 0 Å². The first-order chi connectivity index (χ1) is 9.94. The molecule has 5 nitrogen and oxygen atoms in total. The molecule has 0 spiro atoms. The Bertz CT molecular complexity index is 472. The summed E-state index contributed by atoms with van der Waals surface area (Å²) in [7, 11) is 0. The summed E-state index contributed by atoms with van der Waals surface area (Å²) in [5.41, 5.74) is -0.432. The molecule has 5 heteroatoms. The number of hydrogen-bond acceptors (Lipinski definition) is 4. The van der Waals surface area contributed by atoms with Crippen LogP contribution in [0.1, 0.15) is 65.5 Å². The fourth-order valence-electron chi connectivity index (χ4n) is 2.55. The number of aromatic nitrogens is 3. The molecule has 0 aliphatic carbocycles. The highest BCUT2D eigenvalue weighted by Gasteiger charge is 2.23. The number of nitrogens with zero attached hydrogens (tertiary/aromatic N) is 4. The topological polar surface area (TPSA) is 66.5 Å². The van der Waals surface area contributed by atoms with Gasteiger partial charge in [-0.3, -0.25) is 5.32 Å². The summed E-state index contributed by atoms with van der Waals surface area (Å²) in [6.07, 6.45) is 4.69. The maximum Gasteiger partial charge on any atom is 0.150 e. The van der Waals surface area contributed by atoms with Crippen LogP contribution < -0.4 is 5.32 Å². The molecule has 1 unspecified atom stereocenters. The van der Waals surface area contributed by atoms with Crippen molar-refractivity contribution in [3.05, 3.63) is 11.6 Å². The minimum atomic E-state index is -0.432. The van der Waals surface area contributed by atoms with E-state index in [0.29, 0.717) is 6.04 Å². The molecule has 0 aliphatic rings. The van der Waals surface area contributed by atoms with Gasteiger partial charge in [0, 0.05) is 25.4 Å². The summed E-state index contributed by atoms with van der Waals surface area (Å²) in [4.78, 5) is 4.52. The molecule has 1 heterocycles. The highest BCUT2D eigenvalue weighted by Crippen LogP contribution is 2.15. The van der Waals surface area contributed by atoms with Crippen molar-refractivity contribution in [2.24, 2.45) is 0 Å². The molecule has 118 valence electrons. The van der Waals surface area contributed by atoms with Crippen LogP contribution in [0.3, 0.4) is 0 Å². The largest absolute Gasteiger partial charge is 0.297 e. The second-order valence-corrected chi connectivity index (χ2v) is 6.07. The average Bonchev–Trinajstić information content (AvgIpc) is 2.85. The first-order valence-electron chi connectivity index (χ1n) is 8.05. The average molecular weight is 291 g/mol. The van der Waals surface area contributed by atoms with Gasteiger partial charge in [0.05, 0.1) is 6.07 Å². The molecule has 1 N–H and O–H groups in total. The minimum absolute atomic E-state index is 0.323. The van der Waals surface area contributed by atoms with E-state index in [-0.39, 0.29) is 0 Å². The lowest BCUT2D eigenvalue weighted by atomic mass is 9.95. The van der Waals surface area contributed by atoms with Gasteiger partial charge >= 0.3 is 0 Å². The third-order valence-corrected chi connectivity index (χ3v) is 3.58. The van der Waals surface area contributed by atoms with Gasteiger partial charge in [-0.2, -0.15) is 10.4 Å². The zero-order chi connectivity index (χ0) is 15.9. The van der Waals surface area contributed by atoms with Gasteiger partial charge in [-0.1, -0.05) is 13.8 Å². The predicted octanol–water partition coefficient (Wildman–Crippen LogP) is 2.85. The lowest BCUT2D eigenvalue weighted by molar-refractivity contribution is 0.363. The van der Waals surface area contributed by atoms with Gasteiger partial charge in [0.25, 0.3) is 0 Å². The maximum atomic E-state index is 9.33. The highest BCUT2D eigenvalue weighted by molar-refractivity contribution is 5.04. The van der Waals surface area contributed by atoms with E-state index in [1.54, 1.807) is 0 Å². The zero-order valence-corrected chi connectivity index (χ0v) is 14.1.